The van der Waals surface area contributed by atoms with Crippen LogP contribution < -0.4 is 0 Å². The molecular formula is C27H58N3O4P. The molecule has 0 bridgehead atoms. The van der Waals surface area contributed by atoms with Crippen molar-refractivity contribution in [1.82, 2.24) is 14.7 Å². The molecule has 8 heteroatoms. The topological polar surface area (TPSA) is 54.5 Å². The van der Waals surface area contributed by atoms with Crippen molar-refractivity contribution in [3.05, 3.63) is 0 Å². The van der Waals surface area contributed by atoms with Crippen molar-refractivity contribution in [3.63, 3.8) is 0 Å². The Hall–Kier alpha value is -0.0100. The van der Waals surface area contributed by atoms with Crippen LogP contribution in [-0.4, -0.2) is 93.4 Å². The molecule has 0 aromatic heterocycles. The fraction of sp³-hybridized carbons (Fsp3) is 1.00. The number of rotatable bonds is 24. The van der Waals surface area contributed by atoms with Crippen LogP contribution in [0.15, 0.2) is 0 Å². The maximum Gasteiger partial charge on any atom is 0.474 e. The number of hydrogen-bond donors (Lipinski definition) is 0. The van der Waals surface area contributed by atoms with E-state index < -0.39 is 7.82 Å². The van der Waals surface area contributed by atoms with Crippen LogP contribution in [0.4, 0.5) is 0 Å². The van der Waals surface area contributed by atoms with E-state index in [0.29, 0.717) is 19.8 Å². The molecule has 0 unspecified atom stereocenters. The average molecular weight is 520 g/mol. The maximum atomic E-state index is 12.5. The van der Waals surface area contributed by atoms with Crippen LogP contribution in [0.5, 0.6) is 0 Å². The summed E-state index contributed by atoms with van der Waals surface area (Å²) in [5.41, 5.74) is 0. The van der Waals surface area contributed by atoms with Crippen molar-refractivity contribution in [2.45, 2.75) is 98.3 Å². The fourth-order valence-corrected chi connectivity index (χ4v) is 5.98. The number of phosphoric ester groups is 1. The molecule has 0 radical (unpaired) electrons. The van der Waals surface area contributed by atoms with Crippen molar-refractivity contribution >= 4 is 7.82 Å². The molecule has 0 spiro atoms. The highest BCUT2D eigenvalue weighted by atomic mass is 31.2. The molecule has 1 heterocycles. The summed E-state index contributed by atoms with van der Waals surface area (Å²) in [7, 11) is -3.40. The maximum absolute atomic E-state index is 12.5. The smallest absolute Gasteiger partial charge is 0.303 e. The van der Waals surface area contributed by atoms with Gasteiger partial charge in [-0.15, -0.1) is 0 Å². The van der Waals surface area contributed by atoms with Gasteiger partial charge in [0.05, 0.1) is 19.8 Å². The second-order valence-corrected chi connectivity index (χ2v) is 11.5. The number of phosphoric acid groups is 1. The van der Waals surface area contributed by atoms with Crippen molar-refractivity contribution in [2.75, 3.05) is 78.7 Å². The lowest BCUT2D eigenvalue weighted by Gasteiger charge is -2.35. The van der Waals surface area contributed by atoms with Crippen LogP contribution in [0.3, 0.4) is 0 Å². The number of piperazine rings is 1. The van der Waals surface area contributed by atoms with Gasteiger partial charge in [-0.1, -0.05) is 58.8 Å². The van der Waals surface area contributed by atoms with Crippen LogP contribution in [-0.2, 0) is 18.1 Å². The lowest BCUT2D eigenvalue weighted by Crippen LogP contribution is -2.47. The molecule has 0 aliphatic carbocycles. The van der Waals surface area contributed by atoms with Gasteiger partial charge in [-0.25, -0.2) is 4.57 Å². The fourth-order valence-electron chi connectivity index (χ4n) is 4.77. The van der Waals surface area contributed by atoms with E-state index in [0.717, 1.165) is 26.1 Å². The van der Waals surface area contributed by atoms with E-state index in [4.69, 9.17) is 13.6 Å². The monoisotopic (exact) mass is 519 g/mol. The first-order valence-electron chi connectivity index (χ1n) is 14.8. The molecule has 0 aromatic carbocycles. The minimum Gasteiger partial charge on any atom is -0.303 e. The molecule has 7 nitrogen and oxygen atoms in total. The second-order valence-electron chi connectivity index (χ2n) is 9.82. The summed E-state index contributed by atoms with van der Waals surface area (Å²) in [6.07, 6.45) is 14.1. The van der Waals surface area contributed by atoms with E-state index in [-0.39, 0.29) is 0 Å². The second kappa shape index (κ2) is 22.0. The Morgan fingerprint density at radius 2 is 1.11 bits per heavy atom. The van der Waals surface area contributed by atoms with Gasteiger partial charge in [0.1, 0.15) is 0 Å². The van der Waals surface area contributed by atoms with Crippen molar-refractivity contribution in [1.29, 1.82) is 0 Å². The van der Waals surface area contributed by atoms with Gasteiger partial charge >= 0.3 is 7.82 Å². The van der Waals surface area contributed by atoms with Gasteiger partial charge < -0.3 is 14.7 Å². The largest absolute Gasteiger partial charge is 0.474 e. The van der Waals surface area contributed by atoms with E-state index in [9.17, 15) is 4.57 Å². The molecule has 1 aliphatic heterocycles. The molecule has 1 saturated heterocycles. The molecule has 210 valence electrons. The summed E-state index contributed by atoms with van der Waals surface area (Å²) in [6.45, 7) is 19.7. The summed E-state index contributed by atoms with van der Waals surface area (Å²) in [5.74, 6) is 0. The van der Waals surface area contributed by atoms with Crippen LogP contribution >= 0.6 is 7.82 Å². The normalized spacial score (nSPS) is 15.9. The molecule has 0 amide bonds. The Kier molecular flexibility index (Phi) is 20.8. The molecule has 1 rings (SSSR count). The lowest BCUT2D eigenvalue weighted by atomic mass is 10.1. The van der Waals surface area contributed by atoms with Gasteiger partial charge in [0, 0.05) is 32.7 Å². The average Bonchev–Trinajstić information content (AvgIpc) is 2.84. The van der Waals surface area contributed by atoms with Crippen molar-refractivity contribution in [2.24, 2.45) is 0 Å². The minimum atomic E-state index is -3.40. The molecular weight excluding hydrogens is 461 g/mol. The zero-order valence-corrected chi connectivity index (χ0v) is 24.6. The van der Waals surface area contributed by atoms with Gasteiger partial charge in [0.25, 0.3) is 0 Å². The van der Waals surface area contributed by atoms with E-state index in [1.807, 2.05) is 13.8 Å². The number of nitrogens with zero attached hydrogens (tertiary/aromatic N) is 3. The van der Waals surface area contributed by atoms with Crippen molar-refractivity contribution in [3.8, 4) is 0 Å². The van der Waals surface area contributed by atoms with Crippen LogP contribution in [0.2, 0.25) is 0 Å². The standard InChI is InChI=1S/C27H58N3O4P/c1-5-9-10-11-12-13-14-15-19-29(22-17-27-34-35(31,32-7-3)33-8-4)20-16-21-30-25-23-28(18-6-2)24-26-30/h5-27H2,1-4H3. The van der Waals surface area contributed by atoms with Crippen LogP contribution in [0, 0.1) is 0 Å². The summed E-state index contributed by atoms with van der Waals surface area (Å²) >= 11 is 0. The Morgan fingerprint density at radius 3 is 1.69 bits per heavy atom. The van der Waals surface area contributed by atoms with Gasteiger partial charge in [-0.2, -0.15) is 0 Å². The third-order valence-corrected chi connectivity index (χ3v) is 8.37. The summed E-state index contributed by atoms with van der Waals surface area (Å²) in [6, 6.07) is 0. The molecule has 35 heavy (non-hydrogen) atoms. The highest BCUT2D eigenvalue weighted by Crippen LogP contribution is 2.49. The first-order valence-corrected chi connectivity index (χ1v) is 16.2. The predicted molar refractivity (Wildman–Crippen MR) is 148 cm³/mol. The van der Waals surface area contributed by atoms with Crippen molar-refractivity contribution < 1.29 is 18.1 Å². The molecule has 0 aromatic rings. The highest BCUT2D eigenvalue weighted by Gasteiger charge is 2.25. The summed E-state index contributed by atoms with van der Waals surface area (Å²) in [5, 5.41) is 0. The molecule has 0 N–H and O–H groups in total. The Balaban J connectivity index is 2.34. The first-order chi connectivity index (χ1) is 17.1. The minimum absolute atomic E-state index is 0.328. The zero-order chi connectivity index (χ0) is 25.6. The molecule has 1 fully saturated rings. The van der Waals surface area contributed by atoms with Gasteiger partial charge in [0.2, 0.25) is 0 Å². The summed E-state index contributed by atoms with van der Waals surface area (Å²) in [4.78, 5) is 7.80. The summed E-state index contributed by atoms with van der Waals surface area (Å²) < 4.78 is 28.6. The van der Waals surface area contributed by atoms with Gasteiger partial charge in [-0.3, -0.25) is 13.6 Å². The third kappa shape index (κ3) is 17.2. The van der Waals surface area contributed by atoms with E-state index in [1.54, 1.807) is 0 Å². The van der Waals surface area contributed by atoms with Gasteiger partial charge in [0.15, 0.2) is 0 Å². The molecule has 0 saturated carbocycles. The Labute approximate surface area is 217 Å². The Morgan fingerprint density at radius 1 is 0.600 bits per heavy atom. The van der Waals surface area contributed by atoms with E-state index in [1.165, 1.54) is 103 Å². The zero-order valence-electron chi connectivity index (χ0n) is 23.7. The SMILES string of the molecule is CCCCCCCCCCN(CCCOP(=O)(OCC)OCC)CCCN1CCN(CCC)CC1. The number of unbranched alkanes of at least 4 members (excludes halogenated alkanes) is 7. The highest BCUT2D eigenvalue weighted by molar-refractivity contribution is 7.48. The first kappa shape index (κ1) is 33.0. The van der Waals surface area contributed by atoms with E-state index in [2.05, 4.69) is 28.5 Å². The van der Waals surface area contributed by atoms with Gasteiger partial charge in [-0.05, 0) is 65.7 Å². The Bertz CT molecular complexity index is 509. The molecule has 1 aliphatic rings. The predicted octanol–water partition coefficient (Wildman–Crippen LogP) is 6.43. The third-order valence-electron chi connectivity index (χ3n) is 6.72. The van der Waals surface area contributed by atoms with Crippen LogP contribution in [0.25, 0.3) is 0 Å². The van der Waals surface area contributed by atoms with E-state index >= 15 is 0 Å². The quantitative estimate of drug-likeness (QED) is 0.107. The molecule has 0 atom stereocenters. The lowest BCUT2D eigenvalue weighted by molar-refractivity contribution is 0.113. The number of hydrogen-bond acceptors (Lipinski definition) is 7. The van der Waals surface area contributed by atoms with Crippen LogP contribution in [0.1, 0.15) is 98.3 Å².